The Labute approximate surface area is 191 Å². The minimum absolute atomic E-state index is 0.0925. The number of aryl methyl sites for hydroxylation is 2. The number of hydrogen-bond donors (Lipinski definition) is 2. The summed E-state index contributed by atoms with van der Waals surface area (Å²) >= 11 is 11.9. The average molecular weight is 475 g/mol. The lowest BCUT2D eigenvalue weighted by atomic mass is 10.1. The molecule has 31 heavy (non-hydrogen) atoms. The molecule has 8 heteroatoms. The van der Waals surface area contributed by atoms with Crippen LogP contribution in [0.25, 0.3) is 6.08 Å². The highest BCUT2D eigenvalue weighted by atomic mass is 35.5. The number of amides is 1. The zero-order valence-electron chi connectivity index (χ0n) is 16.8. The summed E-state index contributed by atoms with van der Waals surface area (Å²) in [6.07, 6.45) is 2.91. The number of rotatable bonds is 6. The Bertz CT molecular complexity index is 1250. The maximum absolute atomic E-state index is 12.7. The zero-order chi connectivity index (χ0) is 22.6. The highest BCUT2D eigenvalue weighted by molar-refractivity contribution is 7.92. The number of sulfonamides is 1. The summed E-state index contributed by atoms with van der Waals surface area (Å²) in [5.74, 6) is -0.380. The summed E-state index contributed by atoms with van der Waals surface area (Å²) in [6.45, 7) is 3.73. The Hall–Kier alpha value is -2.80. The Balaban J connectivity index is 1.68. The van der Waals surface area contributed by atoms with E-state index in [9.17, 15) is 13.2 Å². The summed E-state index contributed by atoms with van der Waals surface area (Å²) < 4.78 is 28.0. The number of carbonyl (C=O) groups excluding carboxylic acids is 1. The van der Waals surface area contributed by atoms with Gasteiger partial charge >= 0.3 is 0 Å². The molecule has 0 spiro atoms. The molecule has 160 valence electrons. The van der Waals surface area contributed by atoms with Crippen LogP contribution in [0.15, 0.2) is 71.6 Å². The summed E-state index contributed by atoms with van der Waals surface area (Å²) in [6, 6.07) is 16.4. The minimum Gasteiger partial charge on any atom is -0.323 e. The van der Waals surface area contributed by atoms with Gasteiger partial charge in [0.2, 0.25) is 5.91 Å². The van der Waals surface area contributed by atoms with Gasteiger partial charge in [-0.05, 0) is 79.1 Å². The maximum atomic E-state index is 12.7. The van der Waals surface area contributed by atoms with Crippen LogP contribution in [-0.2, 0) is 14.8 Å². The van der Waals surface area contributed by atoms with Gasteiger partial charge in [-0.25, -0.2) is 8.42 Å². The largest absolute Gasteiger partial charge is 0.323 e. The topological polar surface area (TPSA) is 75.3 Å². The normalized spacial score (nSPS) is 11.5. The lowest BCUT2D eigenvalue weighted by Gasteiger charge is -2.12. The molecule has 0 unspecified atom stereocenters. The third-order valence-electron chi connectivity index (χ3n) is 4.45. The maximum Gasteiger partial charge on any atom is 0.261 e. The van der Waals surface area contributed by atoms with Crippen LogP contribution < -0.4 is 10.0 Å². The van der Waals surface area contributed by atoms with Gasteiger partial charge in [-0.15, -0.1) is 0 Å². The Morgan fingerprint density at radius 2 is 1.65 bits per heavy atom. The van der Waals surface area contributed by atoms with E-state index >= 15 is 0 Å². The van der Waals surface area contributed by atoms with Crippen LogP contribution in [-0.4, -0.2) is 14.3 Å². The highest BCUT2D eigenvalue weighted by Gasteiger charge is 2.15. The number of benzene rings is 3. The molecule has 0 atom stereocenters. The van der Waals surface area contributed by atoms with E-state index in [1.807, 2.05) is 26.0 Å². The molecular formula is C23H20Cl2N2O3S. The van der Waals surface area contributed by atoms with Crippen LogP contribution in [0.2, 0.25) is 10.0 Å². The Morgan fingerprint density at radius 1 is 0.935 bits per heavy atom. The second-order valence-electron chi connectivity index (χ2n) is 6.94. The summed E-state index contributed by atoms with van der Waals surface area (Å²) in [7, 11) is -3.75. The number of hydrogen-bond acceptors (Lipinski definition) is 3. The summed E-state index contributed by atoms with van der Waals surface area (Å²) in [5, 5.41) is 3.62. The minimum atomic E-state index is -3.75. The van der Waals surface area contributed by atoms with E-state index in [2.05, 4.69) is 10.0 Å². The van der Waals surface area contributed by atoms with Crippen molar-refractivity contribution in [3.8, 4) is 0 Å². The van der Waals surface area contributed by atoms with Crippen molar-refractivity contribution in [2.24, 2.45) is 0 Å². The predicted octanol–water partition coefficient (Wildman–Crippen LogP) is 6.06. The molecule has 0 saturated heterocycles. The van der Waals surface area contributed by atoms with E-state index in [0.29, 0.717) is 27.0 Å². The molecule has 0 bridgehead atoms. The molecule has 5 nitrogen and oxygen atoms in total. The molecule has 0 radical (unpaired) electrons. The van der Waals surface area contributed by atoms with Crippen molar-refractivity contribution in [2.45, 2.75) is 18.7 Å². The molecule has 3 rings (SSSR count). The van der Waals surface area contributed by atoms with Crippen molar-refractivity contribution in [3.63, 3.8) is 0 Å². The summed E-state index contributed by atoms with van der Waals surface area (Å²) in [4.78, 5) is 12.3. The lowest BCUT2D eigenvalue weighted by molar-refractivity contribution is -0.111. The van der Waals surface area contributed by atoms with Gasteiger partial charge in [0.15, 0.2) is 0 Å². The number of anilines is 2. The van der Waals surface area contributed by atoms with Gasteiger partial charge in [0.25, 0.3) is 10.0 Å². The summed E-state index contributed by atoms with van der Waals surface area (Å²) in [5.41, 5.74) is 3.42. The molecular weight excluding hydrogens is 455 g/mol. The number of halogens is 2. The molecule has 3 aromatic rings. The number of carbonyl (C=O) groups is 1. The van der Waals surface area contributed by atoms with E-state index < -0.39 is 10.0 Å². The molecule has 1 amide bonds. The second kappa shape index (κ2) is 9.56. The highest BCUT2D eigenvalue weighted by Crippen LogP contribution is 2.23. The molecule has 0 fully saturated rings. The predicted molar refractivity (Wildman–Crippen MR) is 127 cm³/mol. The molecule has 3 aromatic carbocycles. The molecule has 0 aliphatic carbocycles. The first-order chi connectivity index (χ1) is 14.6. The van der Waals surface area contributed by atoms with Crippen molar-refractivity contribution in [2.75, 3.05) is 10.0 Å². The van der Waals surface area contributed by atoms with Crippen molar-refractivity contribution in [1.82, 2.24) is 0 Å². The van der Waals surface area contributed by atoms with Gasteiger partial charge in [0, 0.05) is 21.8 Å². The lowest BCUT2D eigenvalue weighted by Crippen LogP contribution is -2.14. The SMILES string of the molecule is Cc1ccc(C)c(NS(=O)(=O)c2ccc(NC(=O)/C=C/c3ccc(Cl)cc3Cl)cc2)c1. The van der Waals surface area contributed by atoms with E-state index in [-0.39, 0.29) is 10.8 Å². The van der Waals surface area contributed by atoms with E-state index in [4.69, 9.17) is 23.2 Å². The first-order valence-corrected chi connectivity index (χ1v) is 11.5. The fourth-order valence-corrected chi connectivity index (χ4v) is 4.35. The Morgan fingerprint density at radius 3 is 2.32 bits per heavy atom. The van der Waals surface area contributed by atoms with Crippen LogP contribution in [0.3, 0.4) is 0 Å². The number of nitrogens with one attached hydrogen (secondary N) is 2. The van der Waals surface area contributed by atoms with Crippen LogP contribution in [0, 0.1) is 13.8 Å². The fraction of sp³-hybridized carbons (Fsp3) is 0.0870. The first kappa shape index (κ1) is 22.9. The van der Waals surface area contributed by atoms with Gasteiger partial charge in [0.05, 0.1) is 10.6 Å². The van der Waals surface area contributed by atoms with Crippen LogP contribution in [0.1, 0.15) is 16.7 Å². The van der Waals surface area contributed by atoms with Gasteiger partial charge in [-0.2, -0.15) is 0 Å². The molecule has 0 heterocycles. The molecule has 0 saturated carbocycles. The van der Waals surface area contributed by atoms with Gasteiger partial charge in [-0.3, -0.25) is 9.52 Å². The Kier molecular flexibility index (Phi) is 7.05. The third-order valence-corrected chi connectivity index (χ3v) is 6.39. The van der Waals surface area contributed by atoms with Crippen molar-refractivity contribution < 1.29 is 13.2 Å². The smallest absolute Gasteiger partial charge is 0.261 e. The average Bonchev–Trinajstić information content (AvgIpc) is 2.70. The van der Waals surface area contributed by atoms with Crippen molar-refractivity contribution in [3.05, 3.63) is 93.5 Å². The van der Waals surface area contributed by atoms with E-state index in [1.165, 1.54) is 30.3 Å². The molecule has 2 N–H and O–H groups in total. The molecule has 0 aliphatic rings. The van der Waals surface area contributed by atoms with Crippen LogP contribution >= 0.6 is 23.2 Å². The van der Waals surface area contributed by atoms with Crippen molar-refractivity contribution >= 4 is 56.6 Å². The standard InChI is InChI=1S/C23H20Cl2N2O3S/c1-15-3-4-16(2)22(13-15)27-31(29,30)20-10-8-19(9-11-20)26-23(28)12-6-17-5-7-18(24)14-21(17)25/h3-14,27H,1-2H3,(H,26,28)/b12-6+. The van der Waals surface area contributed by atoms with Crippen molar-refractivity contribution in [1.29, 1.82) is 0 Å². The first-order valence-electron chi connectivity index (χ1n) is 9.28. The fourth-order valence-electron chi connectivity index (χ4n) is 2.75. The van der Waals surface area contributed by atoms with E-state index in [0.717, 1.165) is 11.1 Å². The molecule has 0 aromatic heterocycles. The zero-order valence-corrected chi connectivity index (χ0v) is 19.1. The second-order valence-corrected chi connectivity index (χ2v) is 9.46. The van der Waals surface area contributed by atoms with Gasteiger partial charge in [-0.1, -0.05) is 41.4 Å². The van der Waals surface area contributed by atoms with Gasteiger partial charge < -0.3 is 5.32 Å². The van der Waals surface area contributed by atoms with Gasteiger partial charge in [0.1, 0.15) is 0 Å². The third kappa shape index (κ3) is 6.10. The van der Waals surface area contributed by atoms with E-state index in [1.54, 1.807) is 30.3 Å². The van der Waals surface area contributed by atoms with Crippen LogP contribution in [0.4, 0.5) is 11.4 Å². The molecule has 0 aliphatic heterocycles. The monoisotopic (exact) mass is 474 g/mol. The quantitative estimate of drug-likeness (QED) is 0.426. The van der Waals surface area contributed by atoms with Crippen LogP contribution in [0.5, 0.6) is 0 Å².